The Balaban J connectivity index is 1.95. The van der Waals surface area contributed by atoms with E-state index in [2.05, 4.69) is 53.7 Å². The minimum Gasteiger partial charge on any atom is -0.457 e. The summed E-state index contributed by atoms with van der Waals surface area (Å²) in [6.07, 6.45) is 2.04. The van der Waals surface area contributed by atoms with Crippen LogP contribution in [0.2, 0.25) is 0 Å². The van der Waals surface area contributed by atoms with Crippen molar-refractivity contribution in [2.24, 2.45) is 0 Å². The van der Waals surface area contributed by atoms with Gasteiger partial charge >= 0.3 is 7.12 Å². The largest absolute Gasteiger partial charge is 0.494 e. The normalized spacial score (nSPS) is 19.6. The summed E-state index contributed by atoms with van der Waals surface area (Å²) in [4.78, 5) is 0. The molecule has 1 aromatic heterocycles. The Kier molecular flexibility index (Phi) is 3.50. The molecule has 0 bridgehead atoms. The molecule has 1 aromatic carbocycles. The van der Waals surface area contributed by atoms with E-state index in [-0.39, 0.29) is 18.3 Å². The van der Waals surface area contributed by atoms with E-state index in [1.54, 1.807) is 0 Å². The fourth-order valence-corrected chi connectivity index (χ4v) is 2.56. The molecule has 22 heavy (non-hydrogen) atoms. The van der Waals surface area contributed by atoms with Crippen molar-refractivity contribution in [3.8, 4) is 0 Å². The highest BCUT2D eigenvalue weighted by Gasteiger charge is 2.51. The Morgan fingerprint density at radius 1 is 1.00 bits per heavy atom. The van der Waals surface area contributed by atoms with Crippen LogP contribution in [0.3, 0.4) is 0 Å². The smallest absolute Gasteiger partial charge is 0.457 e. The van der Waals surface area contributed by atoms with Crippen LogP contribution in [-0.2, 0) is 9.31 Å². The second-order valence-electron chi connectivity index (χ2n) is 7.26. The summed E-state index contributed by atoms with van der Waals surface area (Å²) in [6.45, 7) is 12.4. The zero-order valence-electron chi connectivity index (χ0n) is 14.2. The fraction of sp³-hybridized carbons (Fsp3) is 0.444. The molecule has 0 atom stereocenters. The summed E-state index contributed by atoms with van der Waals surface area (Å²) < 4.78 is 18.0. The third-order valence-corrected chi connectivity index (χ3v) is 4.52. The number of hydrogen-bond donors (Lipinski definition) is 0. The van der Waals surface area contributed by atoms with Crippen LogP contribution < -0.4 is 5.46 Å². The molecule has 3 nitrogen and oxygen atoms in total. The van der Waals surface area contributed by atoms with Crippen LogP contribution in [0.25, 0.3) is 17.0 Å². The number of rotatable bonds is 2. The lowest BCUT2D eigenvalue weighted by Crippen LogP contribution is -2.41. The first-order valence-corrected chi connectivity index (χ1v) is 7.72. The Labute approximate surface area is 132 Å². The van der Waals surface area contributed by atoms with Crippen LogP contribution in [0.1, 0.15) is 47.3 Å². The molecule has 3 rings (SSSR count). The van der Waals surface area contributed by atoms with Gasteiger partial charge in [-0.15, -0.1) is 0 Å². The highest BCUT2D eigenvalue weighted by Crippen LogP contribution is 2.36. The highest BCUT2D eigenvalue weighted by molar-refractivity contribution is 6.62. The standard InChI is InChI=1S/C18H23BO3/c1-12(2)9-15-11-13-10-14(7-8-16(13)20-15)19-21-17(3,4)18(5,6)22-19/h7-11H,1-6H3. The van der Waals surface area contributed by atoms with Crippen LogP contribution >= 0.6 is 0 Å². The van der Waals surface area contributed by atoms with E-state index in [0.29, 0.717) is 0 Å². The molecule has 1 saturated heterocycles. The lowest BCUT2D eigenvalue weighted by molar-refractivity contribution is 0.00578. The van der Waals surface area contributed by atoms with Crippen LogP contribution in [0.4, 0.5) is 0 Å². The van der Waals surface area contributed by atoms with E-state index in [1.807, 2.05) is 18.2 Å². The molecular weight excluding hydrogens is 275 g/mol. The Morgan fingerprint density at radius 2 is 1.64 bits per heavy atom. The van der Waals surface area contributed by atoms with Crippen molar-refractivity contribution in [2.45, 2.75) is 52.7 Å². The molecule has 2 aromatic rings. The molecule has 0 spiro atoms. The number of fused-ring (bicyclic) bond motifs is 1. The minimum atomic E-state index is -0.337. The van der Waals surface area contributed by atoms with Crippen LogP contribution in [0.15, 0.2) is 34.3 Å². The SMILES string of the molecule is CC(C)=Cc1cc2cc(B3OC(C)(C)C(C)(C)O3)ccc2o1. The number of furan rings is 1. The zero-order valence-corrected chi connectivity index (χ0v) is 14.2. The van der Waals surface area contributed by atoms with Gasteiger partial charge in [-0.2, -0.15) is 0 Å². The van der Waals surface area contributed by atoms with Crippen molar-refractivity contribution in [2.75, 3.05) is 0 Å². The summed E-state index contributed by atoms with van der Waals surface area (Å²) in [5.74, 6) is 0.876. The Bertz CT molecular complexity index is 720. The molecule has 0 radical (unpaired) electrons. The van der Waals surface area contributed by atoms with E-state index >= 15 is 0 Å². The zero-order chi connectivity index (χ0) is 16.1. The van der Waals surface area contributed by atoms with Gasteiger partial charge in [0.15, 0.2) is 0 Å². The highest BCUT2D eigenvalue weighted by atomic mass is 16.7. The fourth-order valence-electron chi connectivity index (χ4n) is 2.56. The van der Waals surface area contributed by atoms with Gasteiger partial charge in [0.2, 0.25) is 0 Å². The van der Waals surface area contributed by atoms with Gasteiger partial charge < -0.3 is 13.7 Å². The quantitative estimate of drug-likeness (QED) is 0.780. The monoisotopic (exact) mass is 298 g/mol. The van der Waals surface area contributed by atoms with Crippen LogP contribution in [0, 0.1) is 0 Å². The van der Waals surface area contributed by atoms with Crippen LogP contribution in [-0.4, -0.2) is 18.3 Å². The van der Waals surface area contributed by atoms with Gasteiger partial charge in [0.1, 0.15) is 11.3 Å². The summed E-state index contributed by atoms with van der Waals surface area (Å²) in [7, 11) is -0.337. The van der Waals surface area contributed by atoms with Gasteiger partial charge in [0.05, 0.1) is 11.2 Å². The maximum absolute atomic E-state index is 6.11. The van der Waals surface area contributed by atoms with Crippen molar-refractivity contribution in [1.29, 1.82) is 0 Å². The molecular formula is C18H23BO3. The molecule has 116 valence electrons. The van der Waals surface area contributed by atoms with Gasteiger partial charge in [-0.25, -0.2) is 0 Å². The average Bonchev–Trinajstić information content (AvgIpc) is 2.85. The first-order valence-electron chi connectivity index (χ1n) is 7.72. The predicted molar refractivity (Wildman–Crippen MR) is 91.3 cm³/mol. The number of benzene rings is 1. The molecule has 1 aliphatic rings. The molecule has 1 fully saturated rings. The maximum atomic E-state index is 6.11. The van der Waals surface area contributed by atoms with Crippen molar-refractivity contribution < 1.29 is 13.7 Å². The molecule has 0 unspecified atom stereocenters. The van der Waals surface area contributed by atoms with E-state index in [9.17, 15) is 0 Å². The molecule has 0 saturated carbocycles. The first kappa shape index (κ1) is 15.4. The summed E-state index contributed by atoms with van der Waals surface area (Å²) >= 11 is 0. The lowest BCUT2D eigenvalue weighted by Gasteiger charge is -2.32. The molecule has 1 aliphatic heterocycles. The van der Waals surface area contributed by atoms with Crippen molar-refractivity contribution in [1.82, 2.24) is 0 Å². The van der Waals surface area contributed by atoms with E-state index in [4.69, 9.17) is 13.7 Å². The topological polar surface area (TPSA) is 31.6 Å². The van der Waals surface area contributed by atoms with Gasteiger partial charge in [-0.1, -0.05) is 17.7 Å². The summed E-state index contributed by atoms with van der Waals surface area (Å²) in [6, 6.07) is 8.14. The van der Waals surface area contributed by atoms with Gasteiger partial charge in [0.25, 0.3) is 0 Å². The third-order valence-electron chi connectivity index (χ3n) is 4.52. The molecule has 0 amide bonds. The van der Waals surface area contributed by atoms with E-state index in [0.717, 1.165) is 22.2 Å². The first-order chi connectivity index (χ1) is 10.2. The summed E-state index contributed by atoms with van der Waals surface area (Å²) in [5.41, 5.74) is 2.47. The lowest BCUT2D eigenvalue weighted by atomic mass is 9.79. The predicted octanol–water partition coefficient (Wildman–Crippen LogP) is 4.16. The third kappa shape index (κ3) is 2.62. The molecule has 0 aliphatic carbocycles. The molecule has 2 heterocycles. The van der Waals surface area contributed by atoms with Crippen molar-refractivity contribution >= 4 is 29.6 Å². The number of hydrogen-bond acceptors (Lipinski definition) is 3. The second-order valence-corrected chi connectivity index (χ2v) is 7.26. The number of allylic oxidation sites excluding steroid dienone is 1. The summed E-state index contributed by atoms with van der Waals surface area (Å²) in [5, 5.41) is 1.07. The van der Waals surface area contributed by atoms with Crippen molar-refractivity contribution in [3.63, 3.8) is 0 Å². The van der Waals surface area contributed by atoms with E-state index < -0.39 is 0 Å². The van der Waals surface area contributed by atoms with Crippen LogP contribution in [0.5, 0.6) is 0 Å². The van der Waals surface area contributed by atoms with E-state index in [1.165, 1.54) is 5.57 Å². The molecule has 0 N–H and O–H groups in total. The van der Waals surface area contributed by atoms with Crippen molar-refractivity contribution in [3.05, 3.63) is 35.6 Å². The van der Waals surface area contributed by atoms with Gasteiger partial charge in [-0.05, 0) is 65.2 Å². The Morgan fingerprint density at radius 3 is 2.23 bits per heavy atom. The average molecular weight is 298 g/mol. The van der Waals surface area contributed by atoms with Gasteiger partial charge in [-0.3, -0.25) is 0 Å². The Hall–Kier alpha value is -1.52. The van der Waals surface area contributed by atoms with Gasteiger partial charge in [0, 0.05) is 5.39 Å². The maximum Gasteiger partial charge on any atom is 0.494 e. The second kappa shape index (κ2) is 5.00. The molecule has 4 heteroatoms. The minimum absolute atomic E-state index is 0.323.